The molecule has 4 nitrogen and oxygen atoms in total. The van der Waals surface area contributed by atoms with Crippen LogP contribution in [0.15, 0.2) is 30.6 Å². The molecule has 0 bridgehead atoms. The molecule has 2 heterocycles. The molecule has 1 aromatic carbocycles. The Morgan fingerprint density at radius 2 is 1.94 bits per heavy atom. The van der Waals surface area contributed by atoms with Crippen LogP contribution < -0.4 is 10.6 Å². The lowest BCUT2D eigenvalue weighted by molar-refractivity contribution is 0.720. The molecule has 0 fully saturated rings. The van der Waals surface area contributed by atoms with Gasteiger partial charge in [-0.1, -0.05) is 35.9 Å². The van der Waals surface area contributed by atoms with E-state index in [1.54, 1.807) is 0 Å². The van der Waals surface area contributed by atoms with Crippen LogP contribution in [-0.4, -0.2) is 16.5 Å². The number of hydrogen-bond acceptors (Lipinski definition) is 4. The van der Waals surface area contributed by atoms with Crippen LogP contribution in [0.2, 0.25) is 5.15 Å². The fourth-order valence-corrected chi connectivity index (χ4v) is 2.42. The summed E-state index contributed by atoms with van der Waals surface area (Å²) < 4.78 is 0. The van der Waals surface area contributed by atoms with Gasteiger partial charge in [0.2, 0.25) is 0 Å². The van der Waals surface area contributed by atoms with Crippen molar-refractivity contribution in [2.45, 2.75) is 13.0 Å². The zero-order valence-corrected chi connectivity index (χ0v) is 10.6. The summed E-state index contributed by atoms with van der Waals surface area (Å²) in [5.74, 6) is 0.726. The average Bonchev–Trinajstić information content (AvgIpc) is 2.41. The fraction of sp³-hybridized carbons (Fsp3) is 0.231. The lowest BCUT2D eigenvalue weighted by Crippen LogP contribution is -2.31. The van der Waals surface area contributed by atoms with Gasteiger partial charge in [0.25, 0.3) is 0 Å². The third-order valence-corrected chi connectivity index (χ3v) is 3.55. The Kier molecular flexibility index (Phi) is 2.80. The maximum Gasteiger partial charge on any atom is 0.157 e. The normalized spacial score (nSPS) is 14.4. The van der Waals surface area contributed by atoms with E-state index >= 15 is 0 Å². The molecule has 0 aliphatic carbocycles. The van der Waals surface area contributed by atoms with Gasteiger partial charge < -0.3 is 10.6 Å². The third kappa shape index (κ3) is 1.88. The molecule has 0 saturated heterocycles. The number of anilines is 2. The van der Waals surface area contributed by atoms with Crippen LogP contribution in [0.1, 0.15) is 11.1 Å². The predicted octanol–water partition coefficient (Wildman–Crippen LogP) is 2.27. The lowest BCUT2D eigenvalue weighted by Gasteiger charge is -2.30. The first-order valence-corrected chi connectivity index (χ1v) is 6.21. The SMILES string of the molecule is Nc1c(Cl)ncnc1N1CCc2ccccc2C1. The van der Waals surface area contributed by atoms with Gasteiger partial charge in [-0.05, 0) is 17.5 Å². The Hall–Kier alpha value is -1.81. The standard InChI is InChI=1S/C13H13ClN4/c14-12-11(15)13(17-8-16-12)18-6-5-9-3-1-2-4-10(9)7-18/h1-4,8H,5-7,15H2. The molecule has 2 aromatic rings. The highest BCUT2D eigenvalue weighted by Crippen LogP contribution is 2.29. The van der Waals surface area contributed by atoms with E-state index in [1.165, 1.54) is 17.5 Å². The Morgan fingerprint density at radius 1 is 1.17 bits per heavy atom. The van der Waals surface area contributed by atoms with Crippen LogP contribution in [0.3, 0.4) is 0 Å². The zero-order valence-electron chi connectivity index (χ0n) is 9.81. The molecule has 0 atom stereocenters. The summed E-state index contributed by atoms with van der Waals surface area (Å²) in [6.45, 7) is 1.71. The van der Waals surface area contributed by atoms with E-state index in [2.05, 4.69) is 39.1 Å². The molecule has 0 radical (unpaired) electrons. The largest absolute Gasteiger partial charge is 0.393 e. The first-order chi connectivity index (χ1) is 8.75. The number of nitrogens with zero attached hydrogens (tertiary/aromatic N) is 3. The molecule has 0 amide bonds. The van der Waals surface area contributed by atoms with Crippen molar-refractivity contribution in [1.82, 2.24) is 9.97 Å². The second-order valence-corrected chi connectivity index (χ2v) is 4.70. The first-order valence-electron chi connectivity index (χ1n) is 5.83. The highest BCUT2D eigenvalue weighted by Gasteiger charge is 2.19. The minimum absolute atomic E-state index is 0.318. The number of nitrogen functional groups attached to an aromatic ring is 1. The van der Waals surface area contributed by atoms with E-state index in [-0.39, 0.29) is 0 Å². The summed E-state index contributed by atoms with van der Waals surface area (Å²) >= 11 is 5.93. The van der Waals surface area contributed by atoms with Crippen molar-refractivity contribution < 1.29 is 0 Å². The Morgan fingerprint density at radius 3 is 2.78 bits per heavy atom. The molecule has 92 valence electrons. The maximum atomic E-state index is 5.93. The van der Waals surface area contributed by atoms with E-state index < -0.39 is 0 Å². The Bertz CT molecular complexity index is 585. The average molecular weight is 261 g/mol. The number of halogens is 1. The summed E-state index contributed by atoms with van der Waals surface area (Å²) in [5, 5.41) is 0.318. The number of rotatable bonds is 1. The second-order valence-electron chi connectivity index (χ2n) is 4.34. The van der Waals surface area contributed by atoms with Gasteiger partial charge in [-0.3, -0.25) is 0 Å². The smallest absolute Gasteiger partial charge is 0.157 e. The van der Waals surface area contributed by atoms with Crippen LogP contribution in [0.4, 0.5) is 11.5 Å². The van der Waals surface area contributed by atoms with E-state index in [4.69, 9.17) is 17.3 Å². The molecule has 1 aromatic heterocycles. The van der Waals surface area contributed by atoms with Gasteiger partial charge in [-0.25, -0.2) is 9.97 Å². The van der Waals surface area contributed by atoms with E-state index in [0.717, 1.165) is 25.3 Å². The van der Waals surface area contributed by atoms with Crippen LogP contribution in [0.25, 0.3) is 0 Å². The molecule has 2 N–H and O–H groups in total. The highest BCUT2D eigenvalue weighted by atomic mass is 35.5. The van der Waals surface area contributed by atoms with Crippen molar-refractivity contribution in [1.29, 1.82) is 0 Å². The maximum absolute atomic E-state index is 5.93. The van der Waals surface area contributed by atoms with Gasteiger partial charge in [0.1, 0.15) is 12.0 Å². The predicted molar refractivity (Wildman–Crippen MR) is 72.7 cm³/mol. The minimum atomic E-state index is 0.318. The third-order valence-electron chi connectivity index (χ3n) is 3.24. The number of hydrogen-bond donors (Lipinski definition) is 1. The van der Waals surface area contributed by atoms with Gasteiger partial charge in [0.05, 0.1) is 0 Å². The topological polar surface area (TPSA) is 55.0 Å². The molecular formula is C13H13ClN4. The van der Waals surface area contributed by atoms with Crippen LogP contribution in [-0.2, 0) is 13.0 Å². The van der Waals surface area contributed by atoms with Crippen LogP contribution >= 0.6 is 11.6 Å². The van der Waals surface area contributed by atoms with Gasteiger partial charge >= 0.3 is 0 Å². The van der Waals surface area contributed by atoms with E-state index in [1.807, 2.05) is 0 Å². The summed E-state index contributed by atoms with van der Waals surface area (Å²) in [6, 6.07) is 8.44. The molecule has 1 aliphatic heterocycles. The highest BCUT2D eigenvalue weighted by molar-refractivity contribution is 6.32. The lowest BCUT2D eigenvalue weighted by atomic mass is 10.00. The molecule has 5 heteroatoms. The molecule has 3 rings (SSSR count). The van der Waals surface area contributed by atoms with Crippen molar-refractivity contribution in [3.05, 3.63) is 46.9 Å². The summed E-state index contributed by atoms with van der Waals surface area (Å²) in [6.07, 6.45) is 2.45. The van der Waals surface area contributed by atoms with Gasteiger partial charge in [-0.15, -0.1) is 0 Å². The summed E-state index contributed by atoms with van der Waals surface area (Å²) in [5.41, 5.74) is 9.11. The van der Waals surface area contributed by atoms with Gasteiger partial charge in [0, 0.05) is 13.1 Å². The van der Waals surface area contributed by atoms with Crippen molar-refractivity contribution >= 4 is 23.1 Å². The van der Waals surface area contributed by atoms with Crippen molar-refractivity contribution in [3.8, 4) is 0 Å². The molecular weight excluding hydrogens is 248 g/mol. The molecule has 0 unspecified atom stereocenters. The summed E-state index contributed by atoms with van der Waals surface area (Å²) in [7, 11) is 0. The van der Waals surface area contributed by atoms with Crippen LogP contribution in [0, 0.1) is 0 Å². The Labute approximate surface area is 110 Å². The number of fused-ring (bicyclic) bond motifs is 1. The Balaban J connectivity index is 1.94. The van der Waals surface area contributed by atoms with Crippen LogP contribution in [0.5, 0.6) is 0 Å². The fourth-order valence-electron chi connectivity index (χ4n) is 2.29. The molecule has 0 spiro atoms. The monoisotopic (exact) mass is 260 g/mol. The number of benzene rings is 1. The van der Waals surface area contributed by atoms with Crippen molar-refractivity contribution in [2.75, 3.05) is 17.2 Å². The minimum Gasteiger partial charge on any atom is -0.393 e. The zero-order chi connectivity index (χ0) is 12.5. The van der Waals surface area contributed by atoms with E-state index in [0.29, 0.717) is 10.8 Å². The molecule has 0 saturated carbocycles. The molecule has 1 aliphatic rings. The summed E-state index contributed by atoms with van der Waals surface area (Å²) in [4.78, 5) is 10.3. The van der Waals surface area contributed by atoms with Gasteiger partial charge in [0.15, 0.2) is 11.0 Å². The number of aromatic nitrogens is 2. The van der Waals surface area contributed by atoms with Crippen molar-refractivity contribution in [3.63, 3.8) is 0 Å². The second kappa shape index (κ2) is 4.46. The number of nitrogens with two attached hydrogens (primary N) is 1. The van der Waals surface area contributed by atoms with Crippen molar-refractivity contribution in [2.24, 2.45) is 0 Å². The van der Waals surface area contributed by atoms with Gasteiger partial charge in [-0.2, -0.15) is 0 Å². The quantitative estimate of drug-likeness (QED) is 0.800. The molecule has 18 heavy (non-hydrogen) atoms. The van der Waals surface area contributed by atoms with E-state index in [9.17, 15) is 0 Å². The first kappa shape index (κ1) is 11.3.